The van der Waals surface area contributed by atoms with Crippen LogP contribution in [0.25, 0.3) is 0 Å². The molecule has 0 spiro atoms. The molecule has 1 N–H and O–H groups in total. The van der Waals surface area contributed by atoms with E-state index in [9.17, 15) is 17.6 Å². The van der Waals surface area contributed by atoms with Crippen LogP contribution in [0.4, 0.5) is 23.2 Å². The minimum Gasteiger partial charge on any atom is -0.378 e. The van der Waals surface area contributed by atoms with Crippen molar-refractivity contribution in [1.82, 2.24) is 0 Å². The summed E-state index contributed by atoms with van der Waals surface area (Å²) in [6.45, 7) is 1.68. The predicted molar refractivity (Wildman–Crippen MR) is 77.6 cm³/mol. The molecule has 0 heterocycles. The average molecular weight is 362 g/mol. The number of hydrogen-bond donors (Lipinski definition) is 1. The summed E-state index contributed by atoms with van der Waals surface area (Å²) in [6.07, 6.45) is -4.46. The third-order valence-electron chi connectivity index (χ3n) is 3.01. The maximum absolute atomic E-state index is 13.2. The van der Waals surface area contributed by atoms with Crippen LogP contribution in [0.5, 0.6) is 0 Å². The number of halogens is 5. The van der Waals surface area contributed by atoms with Crippen LogP contribution in [0.2, 0.25) is 0 Å². The lowest BCUT2D eigenvalue weighted by Crippen LogP contribution is -2.13. The van der Waals surface area contributed by atoms with Crippen molar-refractivity contribution >= 4 is 21.6 Å². The van der Waals surface area contributed by atoms with Crippen LogP contribution in [0.1, 0.15) is 24.1 Å². The van der Waals surface area contributed by atoms with Crippen molar-refractivity contribution in [3.8, 4) is 0 Å². The van der Waals surface area contributed by atoms with E-state index in [-0.39, 0.29) is 5.69 Å². The molecule has 0 aliphatic carbocycles. The fraction of sp³-hybridized carbons (Fsp3) is 0.200. The van der Waals surface area contributed by atoms with Gasteiger partial charge >= 0.3 is 6.18 Å². The van der Waals surface area contributed by atoms with Gasteiger partial charge in [0.2, 0.25) is 0 Å². The van der Waals surface area contributed by atoms with E-state index in [0.29, 0.717) is 10.0 Å². The number of nitrogens with one attached hydrogen (secondary N) is 1. The molecular formula is C15H12BrF4N. The second-order valence-electron chi connectivity index (χ2n) is 4.61. The Labute approximate surface area is 128 Å². The van der Waals surface area contributed by atoms with E-state index >= 15 is 0 Å². The van der Waals surface area contributed by atoms with Gasteiger partial charge in [-0.05, 0) is 42.8 Å². The van der Waals surface area contributed by atoms with Gasteiger partial charge in [-0.1, -0.05) is 28.1 Å². The zero-order valence-electron chi connectivity index (χ0n) is 11.0. The molecule has 0 bridgehead atoms. The zero-order valence-corrected chi connectivity index (χ0v) is 12.6. The summed E-state index contributed by atoms with van der Waals surface area (Å²) >= 11 is 3.03. The molecule has 1 unspecified atom stereocenters. The Kier molecular flexibility index (Phi) is 4.56. The Morgan fingerprint density at radius 2 is 1.81 bits per heavy atom. The quantitative estimate of drug-likeness (QED) is 0.683. The summed E-state index contributed by atoms with van der Waals surface area (Å²) in [5, 5.41) is 2.78. The highest BCUT2D eigenvalue weighted by atomic mass is 79.9. The van der Waals surface area contributed by atoms with Crippen molar-refractivity contribution in [3.05, 3.63) is 63.9 Å². The molecule has 2 rings (SSSR count). The number of anilines is 1. The van der Waals surface area contributed by atoms with Gasteiger partial charge in [0, 0.05) is 16.2 Å². The van der Waals surface area contributed by atoms with Gasteiger partial charge in [0.05, 0.1) is 5.56 Å². The van der Waals surface area contributed by atoms with Crippen LogP contribution >= 0.6 is 15.9 Å². The first kappa shape index (κ1) is 15.8. The van der Waals surface area contributed by atoms with Gasteiger partial charge in [0.15, 0.2) is 0 Å². The van der Waals surface area contributed by atoms with Crippen LogP contribution in [0.15, 0.2) is 46.9 Å². The highest BCUT2D eigenvalue weighted by molar-refractivity contribution is 9.10. The van der Waals surface area contributed by atoms with Crippen molar-refractivity contribution in [2.45, 2.75) is 19.1 Å². The minimum absolute atomic E-state index is 0.0394. The molecule has 1 atom stereocenters. The highest BCUT2D eigenvalue weighted by Gasteiger charge is 2.34. The molecule has 6 heteroatoms. The molecular weight excluding hydrogens is 350 g/mol. The van der Waals surface area contributed by atoms with E-state index in [2.05, 4.69) is 21.2 Å². The summed E-state index contributed by atoms with van der Waals surface area (Å²) in [5.74, 6) is -0.423. The molecule has 0 saturated heterocycles. The molecule has 2 aromatic carbocycles. The van der Waals surface area contributed by atoms with Crippen LogP contribution in [0, 0.1) is 5.82 Å². The van der Waals surface area contributed by atoms with Crippen LogP contribution in [0.3, 0.4) is 0 Å². The molecule has 0 aliphatic rings. The third-order valence-corrected chi connectivity index (χ3v) is 3.50. The zero-order chi connectivity index (χ0) is 15.6. The Morgan fingerprint density at radius 1 is 1.10 bits per heavy atom. The molecule has 0 saturated carbocycles. The molecule has 21 heavy (non-hydrogen) atoms. The van der Waals surface area contributed by atoms with Crippen LogP contribution in [-0.2, 0) is 6.18 Å². The van der Waals surface area contributed by atoms with Gasteiger partial charge in [-0.2, -0.15) is 13.2 Å². The van der Waals surface area contributed by atoms with Gasteiger partial charge in [-0.15, -0.1) is 0 Å². The van der Waals surface area contributed by atoms with E-state index in [1.807, 2.05) is 0 Å². The summed E-state index contributed by atoms with van der Waals surface area (Å²) < 4.78 is 52.6. The SMILES string of the molecule is CC(Nc1ccc(Br)cc1C(F)(F)F)c1cccc(F)c1. The number of hydrogen-bond acceptors (Lipinski definition) is 1. The maximum Gasteiger partial charge on any atom is 0.418 e. The molecule has 0 aliphatic heterocycles. The fourth-order valence-corrected chi connectivity index (χ4v) is 2.33. The summed E-state index contributed by atoms with van der Waals surface area (Å²) in [7, 11) is 0. The third kappa shape index (κ3) is 3.97. The first-order valence-corrected chi connectivity index (χ1v) is 6.95. The number of alkyl halides is 3. The lowest BCUT2D eigenvalue weighted by Gasteiger charge is -2.20. The lowest BCUT2D eigenvalue weighted by molar-refractivity contribution is -0.137. The standard InChI is InChI=1S/C15H12BrF4N/c1-9(10-3-2-4-12(17)7-10)21-14-6-5-11(16)8-13(14)15(18,19)20/h2-9,21H,1H3. The molecule has 0 radical (unpaired) electrons. The van der Waals surface area contributed by atoms with Gasteiger partial charge in [0.25, 0.3) is 0 Å². The second kappa shape index (κ2) is 6.05. The maximum atomic E-state index is 13.2. The highest BCUT2D eigenvalue weighted by Crippen LogP contribution is 2.37. The summed E-state index contributed by atoms with van der Waals surface area (Å²) in [5.41, 5.74) is -0.228. The van der Waals surface area contributed by atoms with E-state index in [0.717, 1.165) is 6.07 Å². The van der Waals surface area contributed by atoms with Crippen molar-refractivity contribution < 1.29 is 17.6 Å². The Bertz CT molecular complexity index is 640. The molecule has 0 fully saturated rings. The van der Waals surface area contributed by atoms with E-state index in [1.54, 1.807) is 13.0 Å². The van der Waals surface area contributed by atoms with Crippen molar-refractivity contribution in [2.24, 2.45) is 0 Å². The molecule has 0 aromatic heterocycles. The molecule has 0 amide bonds. The summed E-state index contributed by atoms with van der Waals surface area (Å²) in [6, 6.07) is 9.20. The Morgan fingerprint density at radius 3 is 2.43 bits per heavy atom. The Balaban J connectivity index is 2.31. The van der Waals surface area contributed by atoms with Gasteiger partial charge in [-0.3, -0.25) is 0 Å². The van der Waals surface area contributed by atoms with Crippen molar-refractivity contribution in [3.63, 3.8) is 0 Å². The van der Waals surface area contributed by atoms with Crippen molar-refractivity contribution in [2.75, 3.05) is 5.32 Å². The normalized spacial score (nSPS) is 13.0. The van der Waals surface area contributed by atoms with E-state index < -0.39 is 23.6 Å². The molecule has 112 valence electrons. The average Bonchev–Trinajstić information content (AvgIpc) is 2.39. The van der Waals surface area contributed by atoms with Crippen LogP contribution in [-0.4, -0.2) is 0 Å². The first-order chi connectivity index (χ1) is 9.77. The van der Waals surface area contributed by atoms with E-state index in [4.69, 9.17) is 0 Å². The monoisotopic (exact) mass is 361 g/mol. The fourth-order valence-electron chi connectivity index (χ4n) is 1.97. The van der Waals surface area contributed by atoms with E-state index in [1.165, 1.54) is 30.3 Å². The topological polar surface area (TPSA) is 12.0 Å². The Hall–Kier alpha value is -1.56. The van der Waals surface area contributed by atoms with Gasteiger partial charge in [0.1, 0.15) is 5.82 Å². The largest absolute Gasteiger partial charge is 0.418 e. The summed E-state index contributed by atoms with van der Waals surface area (Å²) in [4.78, 5) is 0. The number of benzene rings is 2. The minimum atomic E-state index is -4.46. The molecule has 2 aromatic rings. The smallest absolute Gasteiger partial charge is 0.378 e. The first-order valence-electron chi connectivity index (χ1n) is 6.16. The number of rotatable bonds is 3. The van der Waals surface area contributed by atoms with Gasteiger partial charge < -0.3 is 5.32 Å². The lowest BCUT2D eigenvalue weighted by atomic mass is 10.1. The molecule has 1 nitrogen and oxygen atoms in total. The van der Waals surface area contributed by atoms with Gasteiger partial charge in [-0.25, -0.2) is 4.39 Å². The van der Waals surface area contributed by atoms with Crippen molar-refractivity contribution in [1.29, 1.82) is 0 Å². The van der Waals surface area contributed by atoms with Crippen LogP contribution < -0.4 is 5.32 Å². The second-order valence-corrected chi connectivity index (χ2v) is 5.52. The predicted octanol–water partition coefficient (Wildman–Crippen LogP) is 5.78.